The van der Waals surface area contributed by atoms with E-state index >= 15 is 0 Å². The summed E-state index contributed by atoms with van der Waals surface area (Å²) in [4.78, 5) is 9.05. The summed E-state index contributed by atoms with van der Waals surface area (Å²) in [5.74, 6) is 1.56. The zero-order valence-electron chi connectivity index (χ0n) is 17.4. The number of aromatic nitrogens is 3. The molecule has 1 N–H and O–H groups in total. The van der Waals surface area contributed by atoms with E-state index in [-0.39, 0.29) is 6.10 Å². The number of rotatable bonds is 6. The number of pyridine rings is 1. The van der Waals surface area contributed by atoms with E-state index in [1.165, 1.54) is 0 Å². The highest BCUT2D eigenvalue weighted by molar-refractivity contribution is 5.82. The van der Waals surface area contributed by atoms with Gasteiger partial charge in [-0.05, 0) is 61.7 Å². The lowest BCUT2D eigenvalue weighted by atomic mass is 10.1. The van der Waals surface area contributed by atoms with Crippen molar-refractivity contribution >= 4 is 23.2 Å². The second-order valence-corrected chi connectivity index (χ2v) is 7.56. The molecule has 5 nitrogen and oxygen atoms in total. The van der Waals surface area contributed by atoms with Gasteiger partial charge in [0.1, 0.15) is 17.9 Å². The summed E-state index contributed by atoms with van der Waals surface area (Å²) in [6.07, 6.45) is 7.31. The minimum Gasteiger partial charge on any atom is -0.489 e. The molecule has 0 aliphatic carbocycles. The van der Waals surface area contributed by atoms with E-state index in [2.05, 4.69) is 40.3 Å². The van der Waals surface area contributed by atoms with Crippen molar-refractivity contribution in [1.82, 2.24) is 14.5 Å². The van der Waals surface area contributed by atoms with Gasteiger partial charge in [-0.25, -0.2) is 9.97 Å². The third kappa shape index (κ3) is 4.42. The Labute approximate surface area is 176 Å². The quantitative estimate of drug-likeness (QED) is 0.439. The molecule has 0 bridgehead atoms. The first-order valence-corrected chi connectivity index (χ1v) is 10.1. The molecule has 4 aromatic rings. The van der Waals surface area contributed by atoms with Crippen LogP contribution >= 0.6 is 0 Å². The Balaban J connectivity index is 1.54. The second kappa shape index (κ2) is 8.51. The summed E-state index contributed by atoms with van der Waals surface area (Å²) >= 11 is 0. The van der Waals surface area contributed by atoms with E-state index in [1.807, 2.05) is 54.8 Å². The first kappa shape index (κ1) is 19.9. The number of aliphatic hydroxyl groups is 1. The van der Waals surface area contributed by atoms with Gasteiger partial charge in [-0.1, -0.05) is 42.5 Å². The fourth-order valence-corrected chi connectivity index (χ4v) is 3.25. The van der Waals surface area contributed by atoms with Gasteiger partial charge in [-0.15, -0.1) is 0 Å². The Kier molecular flexibility index (Phi) is 5.63. The molecule has 0 saturated carbocycles. The zero-order valence-corrected chi connectivity index (χ0v) is 17.4. The van der Waals surface area contributed by atoms with E-state index in [0.717, 1.165) is 39.3 Å². The molecule has 4 rings (SSSR count). The van der Waals surface area contributed by atoms with Gasteiger partial charge in [-0.2, -0.15) is 0 Å². The van der Waals surface area contributed by atoms with Crippen LogP contribution in [-0.2, 0) is 0 Å². The first-order chi connectivity index (χ1) is 14.5. The maximum atomic E-state index is 9.62. The van der Waals surface area contributed by atoms with Gasteiger partial charge >= 0.3 is 0 Å². The van der Waals surface area contributed by atoms with Crippen molar-refractivity contribution in [2.45, 2.75) is 33.0 Å². The molecular weight excluding hydrogens is 374 g/mol. The van der Waals surface area contributed by atoms with Gasteiger partial charge in [0.2, 0.25) is 0 Å². The van der Waals surface area contributed by atoms with Gasteiger partial charge in [-0.3, -0.25) is 4.57 Å². The van der Waals surface area contributed by atoms with Crippen molar-refractivity contribution in [3.8, 4) is 11.6 Å². The van der Waals surface area contributed by atoms with Crippen molar-refractivity contribution in [2.75, 3.05) is 0 Å². The van der Waals surface area contributed by atoms with Crippen molar-refractivity contribution in [2.24, 2.45) is 0 Å². The topological polar surface area (TPSA) is 60.2 Å². The maximum Gasteiger partial charge on any atom is 0.138 e. The van der Waals surface area contributed by atoms with Crippen LogP contribution in [0.15, 0.2) is 67.1 Å². The summed E-state index contributed by atoms with van der Waals surface area (Å²) < 4.78 is 7.63. The van der Waals surface area contributed by atoms with Crippen LogP contribution in [-0.4, -0.2) is 25.7 Å². The standard InChI is InChI=1S/C25H25N3O2/c1-17(2)30-22-11-13-25(26-15-22)28-16-27-23-14-20(8-12-24(23)28)5-4-19-6-9-21(10-7-19)18(3)29/h4-18,29H,1-3H3/b5-4-. The highest BCUT2D eigenvalue weighted by Crippen LogP contribution is 2.21. The van der Waals surface area contributed by atoms with Crippen LogP contribution in [0.1, 0.15) is 43.6 Å². The highest BCUT2D eigenvalue weighted by atomic mass is 16.5. The largest absolute Gasteiger partial charge is 0.489 e. The summed E-state index contributed by atoms with van der Waals surface area (Å²) in [6, 6.07) is 17.9. The molecule has 1 atom stereocenters. The molecule has 5 heteroatoms. The summed E-state index contributed by atoms with van der Waals surface area (Å²) in [5, 5.41) is 9.62. The Morgan fingerprint density at radius 2 is 1.63 bits per heavy atom. The lowest BCUT2D eigenvalue weighted by Gasteiger charge is -2.10. The van der Waals surface area contributed by atoms with Crippen LogP contribution in [0.25, 0.3) is 29.0 Å². The van der Waals surface area contributed by atoms with E-state index in [0.29, 0.717) is 0 Å². The average Bonchev–Trinajstić information content (AvgIpc) is 3.16. The van der Waals surface area contributed by atoms with Gasteiger partial charge in [0.05, 0.1) is 29.4 Å². The van der Waals surface area contributed by atoms with E-state index in [9.17, 15) is 5.11 Å². The summed E-state index contributed by atoms with van der Waals surface area (Å²) in [5.41, 5.74) is 4.97. The molecule has 152 valence electrons. The molecule has 0 radical (unpaired) electrons. The van der Waals surface area contributed by atoms with Gasteiger partial charge in [0.15, 0.2) is 0 Å². The van der Waals surface area contributed by atoms with Crippen molar-refractivity contribution < 1.29 is 9.84 Å². The predicted molar refractivity (Wildman–Crippen MR) is 121 cm³/mol. The van der Waals surface area contributed by atoms with E-state index in [4.69, 9.17) is 4.74 Å². The molecule has 1 unspecified atom stereocenters. The third-order valence-corrected chi connectivity index (χ3v) is 4.80. The molecule has 0 aliphatic rings. The van der Waals surface area contributed by atoms with Crippen molar-refractivity contribution in [1.29, 1.82) is 0 Å². The van der Waals surface area contributed by atoms with Crippen LogP contribution < -0.4 is 4.74 Å². The van der Waals surface area contributed by atoms with Crippen LogP contribution in [0.3, 0.4) is 0 Å². The maximum absolute atomic E-state index is 9.62. The fraction of sp³-hybridized carbons (Fsp3) is 0.200. The van der Waals surface area contributed by atoms with Crippen molar-refractivity contribution in [3.63, 3.8) is 0 Å². The Bertz CT molecular complexity index is 1160. The number of fused-ring (bicyclic) bond motifs is 1. The first-order valence-electron chi connectivity index (χ1n) is 10.1. The summed E-state index contributed by atoms with van der Waals surface area (Å²) in [7, 11) is 0. The number of hydrogen-bond acceptors (Lipinski definition) is 4. The highest BCUT2D eigenvalue weighted by Gasteiger charge is 2.07. The molecule has 2 aromatic carbocycles. The molecule has 0 fully saturated rings. The number of hydrogen-bond donors (Lipinski definition) is 1. The second-order valence-electron chi connectivity index (χ2n) is 7.56. The van der Waals surface area contributed by atoms with Crippen LogP contribution in [0.2, 0.25) is 0 Å². The Morgan fingerprint density at radius 1 is 0.900 bits per heavy atom. The number of aliphatic hydroxyl groups excluding tert-OH is 1. The SMILES string of the molecule is CC(C)Oc1ccc(-n2cnc3cc(/C=C\c4ccc(C(C)O)cc4)ccc32)nc1. The number of ether oxygens (including phenoxy) is 1. The van der Waals surface area contributed by atoms with Crippen molar-refractivity contribution in [3.05, 3.63) is 83.8 Å². The molecular formula is C25H25N3O2. The zero-order chi connectivity index (χ0) is 21.1. The molecule has 0 spiro atoms. The predicted octanol–water partition coefficient (Wildman–Crippen LogP) is 5.43. The number of benzene rings is 2. The van der Waals surface area contributed by atoms with E-state index in [1.54, 1.807) is 19.4 Å². The van der Waals surface area contributed by atoms with Crippen LogP contribution in [0.5, 0.6) is 5.75 Å². The van der Waals surface area contributed by atoms with Crippen LogP contribution in [0, 0.1) is 0 Å². The normalized spacial score (nSPS) is 12.7. The van der Waals surface area contributed by atoms with Gasteiger partial charge in [0.25, 0.3) is 0 Å². The number of imidazole rings is 1. The Morgan fingerprint density at radius 3 is 2.30 bits per heavy atom. The average molecular weight is 399 g/mol. The molecule has 0 amide bonds. The third-order valence-electron chi connectivity index (χ3n) is 4.80. The molecule has 0 saturated heterocycles. The lowest BCUT2D eigenvalue weighted by molar-refractivity contribution is 0.199. The Hall–Kier alpha value is -3.44. The fourth-order valence-electron chi connectivity index (χ4n) is 3.25. The smallest absolute Gasteiger partial charge is 0.138 e. The summed E-state index contributed by atoms with van der Waals surface area (Å²) in [6.45, 7) is 5.75. The molecule has 2 heterocycles. The van der Waals surface area contributed by atoms with Crippen LogP contribution in [0.4, 0.5) is 0 Å². The van der Waals surface area contributed by atoms with Gasteiger partial charge < -0.3 is 9.84 Å². The minimum absolute atomic E-state index is 0.120. The number of nitrogens with zero attached hydrogens (tertiary/aromatic N) is 3. The lowest BCUT2D eigenvalue weighted by Crippen LogP contribution is -2.06. The molecule has 0 aliphatic heterocycles. The van der Waals surface area contributed by atoms with Gasteiger partial charge in [0, 0.05) is 0 Å². The minimum atomic E-state index is -0.450. The molecule has 2 aromatic heterocycles. The van der Waals surface area contributed by atoms with E-state index < -0.39 is 6.10 Å². The molecule has 30 heavy (non-hydrogen) atoms. The monoisotopic (exact) mass is 399 g/mol.